The van der Waals surface area contributed by atoms with Gasteiger partial charge in [-0.05, 0) is 48.5 Å². The molecule has 0 radical (unpaired) electrons. The molecule has 5 nitrogen and oxygen atoms in total. The van der Waals surface area contributed by atoms with Crippen LogP contribution < -0.4 is 10.1 Å². The molecule has 3 aromatic carbocycles. The van der Waals surface area contributed by atoms with Crippen molar-refractivity contribution in [2.75, 3.05) is 11.1 Å². The van der Waals surface area contributed by atoms with E-state index in [1.165, 1.54) is 11.8 Å². The van der Waals surface area contributed by atoms with Gasteiger partial charge in [0.05, 0.1) is 5.75 Å². The minimum Gasteiger partial charge on any atom is -0.457 e. The highest BCUT2D eigenvalue weighted by atomic mass is 32.2. The van der Waals surface area contributed by atoms with Crippen LogP contribution in [-0.4, -0.2) is 16.6 Å². The molecule has 0 aliphatic heterocycles. The van der Waals surface area contributed by atoms with Crippen molar-refractivity contribution < 1.29 is 13.9 Å². The Morgan fingerprint density at radius 2 is 1.63 bits per heavy atom. The second-order valence-electron chi connectivity index (χ2n) is 5.72. The van der Waals surface area contributed by atoms with Gasteiger partial charge in [0.15, 0.2) is 5.58 Å². The standard InChI is InChI=1S/C21H16N2O3S/c24-20(14-27-21-23-18-8-4-5-9-19(18)26-21)22-15-10-12-17(13-11-15)25-16-6-2-1-3-7-16/h1-13H,14H2,(H,22,24). The molecular formula is C21H16N2O3S. The van der Waals surface area contributed by atoms with Crippen molar-refractivity contribution in [3.05, 3.63) is 78.9 Å². The molecule has 4 aromatic rings. The minimum atomic E-state index is -0.126. The van der Waals surface area contributed by atoms with Crippen LogP contribution in [0.4, 0.5) is 5.69 Å². The van der Waals surface area contributed by atoms with Crippen LogP contribution in [0.5, 0.6) is 11.5 Å². The molecule has 0 saturated heterocycles. The number of carbonyl (C=O) groups excluding carboxylic acids is 1. The molecule has 0 bridgehead atoms. The number of carbonyl (C=O) groups is 1. The van der Waals surface area contributed by atoms with Gasteiger partial charge in [-0.3, -0.25) is 4.79 Å². The van der Waals surface area contributed by atoms with Gasteiger partial charge in [-0.1, -0.05) is 42.1 Å². The van der Waals surface area contributed by atoms with Gasteiger partial charge in [-0.15, -0.1) is 0 Å². The summed E-state index contributed by atoms with van der Waals surface area (Å²) in [6.07, 6.45) is 0. The molecule has 0 atom stereocenters. The summed E-state index contributed by atoms with van der Waals surface area (Å²) < 4.78 is 11.3. The average molecular weight is 376 g/mol. The lowest BCUT2D eigenvalue weighted by Crippen LogP contribution is -2.13. The molecule has 0 saturated carbocycles. The molecule has 1 aromatic heterocycles. The third-order valence-corrected chi connectivity index (χ3v) is 4.55. The second-order valence-corrected chi connectivity index (χ2v) is 6.65. The second kappa shape index (κ2) is 7.97. The first-order valence-electron chi connectivity index (χ1n) is 8.37. The molecule has 1 N–H and O–H groups in total. The summed E-state index contributed by atoms with van der Waals surface area (Å²) in [5, 5.41) is 3.34. The summed E-state index contributed by atoms with van der Waals surface area (Å²) in [4.78, 5) is 16.5. The van der Waals surface area contributed by atoms with Crippen LogP contribution in [0.15, 0.2) is 88.5 Å². The lowest BCUT2D eigenvalue weighted by Gasteiger charge is -2.07. The Morgan fingerprint density at radius 3 is 2.41 bits per heavy atom. The molecule has 0 spiro atoms. The summed E-state index contributed by atoms with van der Waals surface area (Å²) in [5.74, 6) is 1.57. The molecular weight excluding hydrogens is 360 g/mol. The van der Waals surface area contributed by atoms with Gasteiger partial charge >= 0.3 is 0 Å². The van der Waals surface area contributed by atoms with Gasteiger partial charge in [-0.2, -0.15) is 0 Å². The number of anilines is 1. The van der Waals surface area contributed by atoms with E-state index in [0.717, 1.165) is 16.8 Å². The number of benzene rings is 3. The van der Waals surface area contributed by atoms with Crippen LogP contribution in [-0.2, 0) is 4.79 Å². The predicted molar refractivity (Wildman–Crippen MR) is 106 cm³/mol. The first-order chi connectivity index (χ1) is 13.3. The highest BCUT2D eigenvalue weighted by molar-refractivity contribution is 7.99. The third kappa shape index (κ3) is 4.48. The molecule has 1 amide bonds. The number of hydrogen-bond donors (Lipinski definition) is 1. The first-order valence-corrected chi connectivity index (χ1v) is 9.36. The zero-order valence-corrected chi connectivity index (χ0v) is 15.1. The van der Waals surface area contributed by atoms with E-state index in [-0.39, 0.29) is 11.7 Å². The van der Waals surface area contributed by atoms with Crippen molar-refractivity contribution in [2.45, 2.75) is 5.22 Å². The number of para-hydroxylation sites is 3. The number of hydrogen-bond acceptors (Lipinski definition) is 5. The van der Waals surface area contributed by atoms with Gasteiger partial charge in [0, 0.05) is 5.69 Å². The van der Waals surface area contributed by atoms with Crippen molar-refractivity contribution in [3.63, 3.8) is 0 Å². The zero-order chi connectivity index (χ0) is 18.5. The van der Waals surface area contributed by atoms with Gasteiger partial charge < -0.3 is 14.5 Å². The molecule has 27 heavy (non-hydrogen) atoms. The Labute approximate surface area is 160 Å². The van der Waals surface area contributed by atoms with Gasteiger partial charge in [0.2, 0.25) is 5.91 Å². The number of ether oxygens (including phenoxy) is 1. The lowest BCUT2D eigenvalue weighted by atomic mass is 10.3. The van der Waals surface area contributed by atoms with Crippen LogP contribution in [0, 0.1) is 0 Å². The molecule has 0 aliphatic rings. The van der Waals surface area contributed by atoms with E-state index in [4.69, 9.17) is 9.15 Å². The first kappa shape index (κ1) is 17.2. The number of fused-ring (bicyclic) bond motifs is 1. The van der Waals surface area contributed by atoms with Gasteiger partial charge in [0.25, 0.3) is 5.22 Å². The molecule has 134 valence electrons. The Kier molecular flexibility index (Phi) is 5.07. The van der Waals surface area contributed by atoms with E-state index in [1.807, 2.05) is 66.7 Å². The highest BCUT2D eigenvalue weighted by Gasteiger charge is 2.09. The largest absolute Gasteiger partial charge is 0.457 e. The van der Waals surface area contributed by atoms with Gasteiger partial charge in [-0.25, -0.2) is 4.98 Å². The fourth-order valence-corrected chi connectivity index (χ4v) is 3.11. The maximum absolute atomic E-state index is 12.1. The summed E-state index contributed by atoms with van der Waals surface area (Å²) in [5.41, 5.74) is 2.21. The molecule has 4 rings (SSSR count). The summed E-state index contributed by atoms with van der Waals surface area (Å²) in [7, 11) is 0. The number of thioether (sulfide) groups is 1. The Balaban J connectivity index is 1.31. The van der Waals surface area contributed by atoms with Crippen molar-refractivity contribution in [1.29, 1.82) is 0 Å². The van der Waals surface area contributed by atoms with Crippen LogP contribution in [0.1, 0.15) is 0 Å². The van der Waals surface area contributed by atoms with Crippen molar-refractivity contribution in [3.8, 4) is 11.5 Å². The van der Waals surface area contributed by atoms with Crippen LogP contribution >= 0.6 is 11.8 Å². The number of nitrogens with one attached hydrogen (secondary N) is 1. The van der Waals surface area contributed by atoms with E-state index in [2.05, 4.69) is 10.3 Å². The van der Waals surface area contributed by atoms with Crippen LogP contribution in [0.3, 0.4) is 0 Å². The molecule has 1 heterocycles. The van der Waals surface area contributed by atoms with E-state index in [1.54, 1.807) is 12.1 Å². The van der Waals surface area contributed by atoms with E-state index < -0.39 is 0 Å². The number of amides is 1. The fourth-order valence-electron chi connectivity index (χ4n) is 2.47. The SMILES string of the molecule is O=C(CSc1nc2ccccc2o1)Nc1ccc(Oc2ccccc2)cc1. The van der Waals surface area contributed by atoms with Gasteiger partial charge in [0.1, 0.15) is 17.0 Å². The molecule has 6 heteroatoms. The normalized spacial score (nSPS) is 10.7. The van der Waals surface area contributed by atoms with Crippen molar-refractivity contribution >= 4 is 34.5 Å². The fraction of sp³-hybridized carbons (Fsp3) is 0.0476. The monoisotopic (exact) mass is 376 g/mol. The Morgan fingerprint density at radius 1 is 0.926 bits per heavy atom. The number of nitrogens with zero attached hydrogens (tertiary/aromatic N) is 1. The maximum atomic E-state index is 12.1. The summed E-state index contributed by atoms with van der Waals surface area (Å²) >= 11 is 1.26. The van der Waals surface area contributed by atoms with Crippen molar-refractivity contribution in [2.24, 2.45) is 0 Å². The minimum absolute atomic E-state index is 0.126. The highest BCUT2D eigenvalue weighted by Crippen LogP contribution is 2.24. The maximum Gasteiger partial charge on any atom is 0.257 e. The average Bonchev–Trinajstić information content (AvgIpc) is 3.12. The third-order valence-electron chi connectivity index (χ3n) is 3.72. The molecule has 0 unspecified atom stereocenters. The van der Waals surface area contributed by atoms with Crippen LogP contribution in [0.2, 0.25) is 0 Å². The van der Waals surface area contributed by atoms with Crippen LogP contribution in [0.25, 0.3) is 11.1 Å². The smallest absolute Gasteiger partial charge is 0.257 e. The Hall–Kier alpha value is -3.25. The quantitative estimate of drug-likeness (QED) is 0.460. The topological polar surface area (TPSA) is 64.4 Å². The van der Waals surface area contributed by atoms with E-state index in [9.17, 15) is 4.79 Å². The number of aromatic nitrogens is 1. The number of oxazole rings is 1. The molecule has 0 aliphatic carbocycles. The van der Waals surface area contributed by atoms with Crippen molar-refractivity contribution in [1.82, 2.24) is 4.98 Å². The zero-order valence-electron chi connectivity index (χ0n) is 14.3. The Bertz CT molecular complexity index is 1010. The summed E-state index contributed by atoms with van der Waals surface area (Å²) in [6.45, 7) is 0. The summed E-state index contributed by atoms with van der Waals surface area (Å²) in [6, 6.07) is 24.3. The van der Waals surface area contributed by atoms with E-state index in [0.29, 0.717) is 16.7 Å². The number of rotatable bonds is 6. The lowest BCUT2D eigenvalue weighted by molar-refractivity contribution is -0.113. The van der Waals surface area contributed by atoms with E-state index >= 15 is 0 Å². The predicted octanol–water partition coefficient (Wildman–Crippen LogP) is 5.35. The molecule has 0 fully saturated rings.